The molecule has 3 aromatic rings. The van der Waals surface area contributed by atoms with E-state index in [2.05, 4.69) is 10.6 Å². The number of benzene rings is 3. The number of nitrogens with zero attached hydrogens (tertiary/aromatic N) is 1. The number of fused-ring (bicyclic) bond motifs is 1. The average Bonchev–Trinajstić information content (AvgIpc) is 3.35. The van der Waals surface area contributed by atoms with Crippen LogP contribution in [0.25, 0.3) is 11.3 Å². The second kappa shape index (κ2) is 8.11. The fourth-order valence-corrected chi connectivity index (χ4v) is 4.23. The van der Waals surface area contributed by atoms with Crippen molar-refractivity contribution < 1.29 is 9.59 Å². The van der Waals surface area contributed by atoms with E-state index in [0.717, 1.165) is 46.7 Å². The average molecular weight is 409 g/mol. The summed E-state index contributed by atoms with van der Waals surface area (Å²) in [5, 5.41) is 6.47. The highest BCUT2D eigenvalue weighted by Crippen LogP contribution is 2.37. The Morgan fingerprint density at radius 2 is 1.74 bits per heavy atom. The molecule has 0 aliphatic carbocycles. The van der Waals surface area contributed by atoms with Gasteiger partial charge in [-0.15, -0.1) is 0 Å². The Bertz CT molecular complexity index is 1180. The van der Waals surface area contributed by atoms with Gasteiger partial charge in [-0.25, -0.2) is 0 Å². The number of nitrogens with one attached hydrogen (secondary N) is 2. The molecule has 0 aromatic heterocycles. The SMILES string of the molecule is O=C1Nc2ccccc2/C1=C(/Nc1cccc(CN2CCCC2=O)c1)c1ccccc1. The van der Waals surface area contributed by atoms with Crippen molar-refractivity contribution in [2.75, 3.05) is 17.2 Å². The molecule has 2 heterocycles. The number of likely N-dealkylation sites (tertiary alicyclic amines) is 1. The molecule has 154 valence electrons. The molecule has 0 atom stereocenters. The molecule has 31 heavy (non-hydrogen) atoms. The van der Waals surface area contributed by atoms with Crippen molar-refractivity contribution >= 4 is 34.5 Å². The third-order valence-corrected chi connectivity index (χ3v) is 5.73. The first-order valence-electron chi connectivity index (χ1n) is 10.5. The zero-order chi connectivity index (χ0) is 21.2. The molecule has 0 saturated carbocycles. The molecule has 5 rings (SSSR count). The van der Waals surface area contributed by atoms with Gasteiger partial charge in [-0.3, -0.25) is 9.59 Å². The monoisotopic (exact) mass is 409 g/mol. The predicted molar refractivity (Wildman–Crippen MR) is 123 cm³/mol. The van der Waals surface area contributed by atoms with Crippen LogP contribution in [0.4, 0.5) is 11.4 Å². The molecular formula is C26H23N3O2. The summed E-state index contributed by atoms with van der Waals surface area (Å²) in [5.41, 5.74) is 5.97. The molecule has 0 spiro atoms. The summed E-state index contributed by atoms with van der Waals surface area (Å²) in [6.45, 7) is 1.42. The summed E-state index contributed by atoms with van der Waals surface area (Å²) in [4.78, 5) is 26.8. The minimum atomic E-state index is -0.119. The Morgan fingerprint density at radius 1 is 0.935 bits per heavy atom. The standard InChI is InChI=1S/C26H23N3O2/c30-23-14-7-15-29(23)17-18-8-6-11-20(16-18)27-25(19-9-2-1-3-10-19)24-21-12-4-5-13-22(21)28-26(24)31/h1-6,8-13,16,27H,7,14-15,17H2,(H,28,31)/b25-24-. The first-order chi connectivity index (χ1) is 15.2. The molecule has 5 heteroatoms. The van der Waals surface area contributed by atoms with Crippen molar-refractivity contribution in [1.82, 2.24) is 4.90 Å². The van der Waals surface area contributed by atoms with Crippen molar-refractivity contribution in [3.05, 3.63) is 95.6 Å². The van der Waals surface area contributed by atoms with Gasteiger partial charge in [0.15, 0.2) is 0 Å². The van der Waals surface area contributed by atoms with Gasteiger partial charge in [0.05, 0.1) is 11.3 Å². The number of anilines is 2. The van der Waals surface area contributed by atoms with Gasteiger partial charge < -0.3 is 15.5 Å². The number of hydrogen-bond donors (Lipinski definition) is 2. The summed E-state index contributed by atoms with van der Waals surface area (Å²) < 4.78 is 0. The van der Waals surface area contributed by atoms with Crippen molar-refractivity contribution in [2.45, 2.75) is 19.4 Å². The van der Waals surface area contributed by atoms with E-state index >= 15 is 0 Å². The molecule has 1 fully saturated rings. The molecule has 2 N–H and O–H groups in total. The van der Waals surface area contributed by atoms with Crippen LogP contribution in [0.1, 0.15) is 29.5 Å². The highest BCUT2D eigenvalue weighted by Gasteiger charge is 2.28. The van der Waals surface area contributed by atoms with E-state index in [4.69, 9.17) is 0 Å². The van der Waals surface area contributed by atoms with Crippen LogP contribution in [-0.2, 0) is 16.1 Å². The maximum Gasteiger partial charge on any atom is 0.258 e. The summed E-state index contributed by atoms with van der Waals surface area (Å²) in [5.74, 6) is 0.0936. The normalized spacial score (nSPS) is 16.8. The van der Waals surface area contributed by atoms with Gasteiger partial charge in [0, 0.05) is 36.4 Å². The van der Waals surface area contributed by atoms with Gasteiger partial charge in [-0.1, -0.05) is 60.7 Å². The summed E-state index contributed by atoms with van der Waals surface area (Å²) in [6, 6.07) is 25.7. The number of rotatable bonds is 5. The number of carbonyl (C=O) groups is 2. The molecule has 1 saturated heterocycles. The van der Waals surface area contributed by atoms with Gasteiger partial charge in [-0.05, 0) is 35.7 Å². The Hall–Kier alpha value is -3.86. The van der Waals surface area contributed by atoms with E-state index in [0.29, 0.717) is 18.5 Å². The Balaban J connectivity index is 1.53. The predicted octanol–water partition coefficient (Wildman–Crippen LogP) is 4.74. The van der Waals surface area contributed by atoms with E-state index in [1.807, 2.05) is 83.8 Å². The number of hydrogen-bond acceptors (Lipinski definition) is 3. The van der Waals surface area contributed by atoms with Crippen LogP contribution in [-0.4, -0.2) is 23.3 Å². The lowest BCUT2D eigenvalue weighted by molar-refractivity contribution is -0.128. The van der Waals surface area contributed by atoms with Crippen LogP contribution in [0, 0.1) is 0 Å². The number of amides is 2. The topological polar surface area (TPSA) is 61.4 Å². The van der Waals surface area contributed by atoms with Crippen molar-refractivity contribution in [3.63, 3.8) is 0 Å². The minimum absolute atomic E-state index is 0.119. The quantitative estimate of drug-likeness (QED) is 0.598. The minimum Gasteiger partial charge on any atom is -0.354 e. The van der Waals surface area contributed by atoms with Crippen molar-refractivity contribution in [2.24, 2.45) is 0 Å². The molecule has 0 unspecified atom stereocenters. The van der Waals surface area contributed by atoms with Gasteiger partial charge in [0.25, 0.3) is 5.91 Å². The first kappa shape index (κ1) is 19.1. The summed E-state index contributed by atoms with van der Waals surface area (Å²) in [7, 11) is 0. The molecule has 5 nitrogen and oxygen atoms in total. The van der Waals surface area contributed by atoms with E-state index < -0.39 is 0 Å². The van der Waals surface area contributed by atoms with Gasteiger partial charge in [0.1, 0.15) is 0 Å². The van der Waals surface area contributed by atoms with Crippen LogP contribution in [0.15, 0.2) is 78.9 Å². The van der Waals surface area contributed by atoms with Crippen LogP contribution in [0.3, 0.4) is 0 Å². The lowest BCUT2D eigenvalue weighted by Crippen LogP contribution is -2.23. The number of para-hydroxylation sites is 1. The summed E-state index contributed by atoms with van der Waals surface area (Å²) in [6.07, 6.45) is 1.56. The second-order valence-corrected chi connectivity index (χ2v) is 7.86. The fourth-order valence-electron chi connectivity index (χ4n) is 4.23. The van der Waals surface area contributed by atoms with E-state index in [9.17, 15) is 9.59 Å². The summed E-state index contributed by atoms with van der Waals surface area (Å²) >= 11 is 0. The lowest BCUT2D eigenvalue weighted by Gasteiger charge is -2.18. The maximum absolute atomic E-state index is 12.9. The molecule has 3 aromatic carbocycles. The van der Waals surface area contributed by atoms with Gasteiger partial charge in [0.2, 0.25) is 5.91 Å². The van der Waals surface area contributed by atoms with Crippen LogP contribution in [0.5, 0.6) is 0 Å². The fraction of sp³-hybridized carbons (Fsp3) is 0.154. The van der Waals surface area contributed by atoms with Crippen molar-refractivity contribution in [1.29, 1.82) is 0 Å². The highest BCUT2D eigenvalue weighted by molar-refractivity contribution is 6.37. The molecule has 2 amide bonds. The zero-order valence-corrected chi connectivity index (χ0v) is 17.1. The van der Waals surface area contributed by atoms with Crippen LogP contribution < -0.4 is 10.6 Å². The zero-order valence-electron chi connectivity index (χ0n) is 17.1. The maximum atomic E-state index is 12.9. The third kappa shape index (κ3) is 3.82. The third-order valence-electron chi connectivity index (χ3n) is 5.73. The van der Waals surface area contributed by atoms with Crippen molar-refractivity contribution in [3.8, 4) is 0 Å². The molecule has 2 aliphatic heterocycles. The largest absolute Gasteiger partial charge is 0.354 e. The van der Waals surface area contributed by atoms with Gasteiger partial charge in [-0.2, -0.15) is 0 Å². The molecule has 0 bridgehead atoms. The van der Waals surface area contributed by atoms with Crippen LogP contribution >= 0.6 is 0 Å². The molecule has 2 aliphatic rings. The van der Waals surface area contributed by atoms with Gasteiger partial charge >= 0.3 is 0 Å². The second-order valence-electron chi connectivity index (χ2n) is 7.86. The first-order valence-corrected chi connectivity index (χ1v) is 10.5. The van der Waals surface area contributed by atoms with E-state index in [1.54, 1.807) is 0 Å². The van der Waals surface area contributed by atoms with Crippen LogP contribution in [0.2, 0.25) is 0 Å². The highest BCUT2D eigenvalue weighted by atomic mass is 16.2. The smallest absolute Gasteiger partial charge is 0.258 e. The van der Waals surface area contributed by atoms with E-state index in [-0.39, 0.29) is 11.8 Å². The van der Waals surface area contributed by atoms with E-state index in [1.165, 1.54) is 0 Å². The lowest BCUT2D eigenvalue weighted by atomic mass is 10.00. The Kier molecular flexibility index (Phi) is 5.00. The molecule has 0 radical (unpaired) electrons. The number of carbonyl (C=O) groups excluding carboxylic acids is 2. The molecular weight excluding hydrogens is 386 g/mol. The Morgan fingerprint density at radius 3 is 2.55 bits per heavy atom. The Labute approximate surface area is 181 Å².